The van der Waals surface area contributed by atoms with Crippen molar-refractivity contribution >= 4 is 21.9 Å². The lowest BCUT2D eigenvalue weighted by Crippen LogP contribution is -2.10. The van der Waals surface area contributed by atoms with Crippen LogP contribution in [0, 0.1) is 17.3 Å². The van der Waals surface area contributed by atoms with E-state index in [4.69, 9.17) is 4.74 Å². The Bertz CT molecular complexity index is 189. The summed E-state index contributed by atoms with van der Waals surface area (Å²) in [5, 5.41) is 0.892. The predicted octanol–water partition coefficient (Wildman–Crippen LogP) is 2.22. The molecular formula is C9H15BrO2. The predicted molar refractivity (Wildman–Crippen MR) is 51.2 cm³/mol. The largest absolute Gasteiger partial charge is 0.466 e. The van der Waals surface area contributed by atoms with Crippen molar-refractivity contribution in [3.8, 4) is 0 Å². The molecule has 0 spiro atoms. The Morgan fingerprint density at radius 3 is 2.50 bits per heavy atom. The molecule has 0 amide bonds. The van der Waals surface area contributed by atoms with Crippen LogP contribution < -0.4 is 0 Å². The maximum atomic E-state index is 11.3. The van der Waals surface area contributed by atoms with Gasteiger partial charge in [-0.05, 0) is 18.3 Å². The van der Waals surface area contributed by atoms with E-state index in [0.717, 1.165) is 5.33 Å². The maximum absolute atomic E-state index is 11.3. The van der Waals surface area contributed by atoms with Gasteiger partial charge in [0.15, 0.2) is 0 Å². The minimum absolute atomic E-state index is 0.0352. The molecule has 0 bridgehead atoms. The summed E-state index contributed by atoms with van der Waals surface area (Å²) in [5.74, 6) is 0.528. The Morgan fingerprint density at radius 1 is 1.58 bits per heavy atom. The number of esters is 1. The Balaban J connectivity index is 2.51. The number of carbonyl (C=O) groups is 1. The molecule has 1 aliphatic carbocycles. The number of hydrogen-bond acceptors (Lipinski definition) is 2. The van der Waals surface area contributed by atoms with E-state index in [1.54, 1.807) is 0 Å². The van der Waals surface area contributed by atoms with Gasteiger partial charge in [0, 0.05) is 5.33 Å². The van der Waals surface area contributed by atoms with Crippen molar-refractivity contribution in [2.75, 3.05) is 11.9 Å². The lowest BCUT2D eigenvalue weighted by molar-refractivity contribution is -0.145. The number of hydrogen-bond donors (Lipinski definition) is 0. The van der Waals surface area contributed by atoms with E-state index >= 15 is 0 Å². The molecule has 12 heavy (non-hydrogen) atoms. The third kappa shape index (κ3) is 1.51. The smallest absolute Gasteiger partial charge is 0.309 e. The van der Waals surface area contributed by atoms with Crippen molar-refractivity contribution in [3.05, 3.63) is 0 Å². The van der Waals surface area contributed by atoms with Gasteiger partial charge in [0.25, 0.3) is 0 Å². The average molecular weight is 235 g/mol. The summed E-state index contributed by atoms with van der Waals surface area (Å²) in [5.41, 5.74) is 0.135. The highest BCUT2D eigenvalue weighted by molar-refractivity contribution is 9.09. The van der Waals surface area contributed by atoms with E-state index in [2.05, 4.69) is 29.8 Å². The molecule has 3 heteroatoms. The van der Waals surface area contributed by atoms with Crippen LogP contribution in [0.2, 0.25) is 0 Å². The zero-order valence-corrected chi connectivity index (χ0v) is 9.35. The molecule has 1 rings (SSSR count). The van der Waals surface area contributed by atoms with Crippen molar-refractivity contribution in [2.45, 2.75) is 20.8 Å². The van der Waals surface area contributed by atoms with Crippen molar-refractivity contribution in [3.63, 3.8) is 0 Å². The highest BCUT2D eigenvalue weighted by Crippen LogP contribution is 2.59. The summed E-state index contributed by atoms with van der Waals surface area (Å²) in [7, 11) is 0. The normalized spacial score (nSPS) is 31.3. The molecule has 0 saturated heterocycles. The highest BCUT2D eigenvalue weighted by Gasteiger charge is 2.61. The number of alkyl halides is 1. The summed E-state index contributed by atoms with van der Waals surface area (Å²) in [4.78, 5) is 11.3. The van der Waals surface area contributed by atoms with Crippen LogP contribution in [0.15, 0.2) is 0 Å². The summed E-state index contributed by atoms with van der Waals surface area (Å²) in [6.45, 7) is 6.55. The Morgan fingerprint density at radius 2 is 2.17 bits per heavy atom. The topological polar surface area (TPSA) is 26.3 Å². The fourth-order valence-corrected chi connectivity index (χ4v) is 2.94. The van der Waals surface area contributed by atoms with E-state index in [1.807, 2.05) is 6.92 Å². The van der Waals surface area contributed by atoms with Crippen LogP contribution in [0.5, 0.6) is 0 Å². The zero-order chi connectivity index (χ0) is 9.35. The van der Waals surface area contributed by atoms with Gasteiger partial charge in [-0.3, -0.25) is 4.79 Å². The van der Waals surface area contributed by atoms with E-state index in [1.165, 1.54) is 0 Å². The van der Waals surface area contributed by atoms with Gasteiger partial charge >= 0.3 is 5.97 Å². The van der Waals surface area contributed by atoms with Crippen LogP contribution in [0.25, 0.3) is 0 Å². The maximum Gasteiger partial charge on any atom is 0.309 e. The first kappa shape index (κ1) is 10.0. The highest BCUT2D eigenvalue weighted by atomic mass is 79.9. The van der Waals surface area contributed by atoms with Crippen LogP contribution >= 0.6 is 15.9 Å². The molecule has 0 aromatic heterocycles. The molecule has 0 radical (unpaired) electrons. The Labute approximate surface area is 81.8 Å². The van der Waals surface area contributed by atoms with E-state index in [0.29, 0.717) is 12.5 Å². The third-order valence-electron chi connectivity index (χ3n) is 2.76. The molecule has 2 atom stereocenters. The zero-order valence-electron chi connectivity index (χ0n) is 7.76. The SMILES string of the molecule is CCOC(=O)[C@H]1[C@H](CBr)C1(C)C. The molecule has 2 nitrogen and oxygen atoms in total. The first-order valence-electron chi connectivity index (χ1n) is 4.28. The number of ether oxygens (including phenoxy) is 1. The summed E-state index contributed by atoms with van der Waals surface area (Å²) < 4.78 is 4.97. The number of rotatable bonds is 3. The van der Waals surface area contributed by atoms with Crippen LogP contribution in [-0.2, 0) is 9.53 Å². The second-order valence-electron chi connectivity index (χ2n) is 3.81. The minimum Gasteiger partial charge on any atom is -0.466 e. The van der Waals surface area contributed by atoms with E-state index < -0.39 is 0 Å². The number of halogens is 1. The number of carbonyl (C=O) groups excluding carboxylic acids is 1. The van der Waals surface area contributed by atoms with Crippen LogP contribution in [0.4, 0.5) is 0 Å². The first-order valence-corrected chi connectivity index (χ1v) is 5.40. The molecular weight excluding hydrogens is 220 g/mol. The Kier molecular flexibility index (Phi) is 2.81. The molecule has 0 heterocycles. The molecule has 0 unspecified atom stereocenters. The molecule has 0 aromatic rings. The molecule has 1 saturated carbocycles. The second-order valence-corrected chi connectivity index (χ2v) is 4.46. The van der Waals surface area contributed by atoms with Gasteiger partial charge < -0.3 is 4.74 Å². The van der Waals surface area contributed by atoms with Gasteiger partial charge in [-0.1, -0.05) is 29.8 Å². The molecule has 0 N–H and O–H groups in total. The second kappa shape index (κ2) is 3.36. The average Bonchev–Trinajstić information content (AvgIpc) is 2.53. The molecule has 70 valence electrons. The molecule has 1 aliphatic rings. The lowest BCUT2D eigenvalue weighted by Gasteiger charge is -2.01. The monoisotopic (exact) mass is 234 g/mol. The Hall–Kier alpha value is -0.0500. The summed E-state index contributed by atoms with van der Waals surface area (Å²) in [6, 6.07) is 0. The quantitative estimate of drug-likeness (QED) is 0.553. The van der Waals surface area contributed by atoms with Crippen molar-refractivity contribution in [1.82, 2.24) is 0 Å². The van der Waals surface area contributed by atoms with Crippen molar-refractivity contribution < 1.29 is 9.53 Å². The fraction of sp³-hybridized carbons (Fsp3) is 0.889. The molecule has 0 aromatic carbocycles. The van der Waals surface area contributed by atoms with E-state index in [-0.39, 0.29) is 17.3 Å². The molecule has 0 aliphatic heterocycles. The van der Waals surface area contributed by atoms with Gasteiger partial charge in [-0.15, -0.1) is 0 Å². The van der Waals surface area contributed by atoms with Crippen molar-refractivity contribution in [2.24, 2.45) is 17.3 Å². The van der Waals surface area contributed by atoms with Gasteiger partial charge in [0.05, 0.1) is 12.5 Å². The van der Waals surface area contributed by atoms with Gasteiger partial charge in [-0.25, -0.2) is 0 Å². The standard InChI is InChI=1S/C9H15BrO2/c1-4-12-8(11)7-6(5-10)9(7,2)3/h6-7H,4-5H2,1-3H3/t6-,7+/m0/s1. The summed E-state index contributed by atoms with van der Waals surface area (Å²) in [6.07, 6.45) is 0. The van der Waals surface area contributed by atoms with E-state index in [9.17, 15) is 4.79 Å². The van der Waals surface area contributed by atoms with Crippen molar-refractivity contribution in [1.29, 1.82) is 0 Å². The van der Waals surface area contributed by atoms with Crippen LogP contribution in [-0.4, -0.2) is 17.9 Å². The fourth-order valence-electron chi connectivity index (χ4n) is 1.73. The first-order chi connectivity index (χ1) is 5.55. The van der Waals surface area contributed by atoms with Gasteiger partial charge in [-0.2, -0.15) is 0 Å². The molecule has 1 fully saturated rings. The van der Waals surface area contributed by atoms with Gasteiger partial charge in [0.1, 0.15) is 0 Å². The van der Waals surface area contributed by atoms with Crippen LogP contribution in [0.3, 0.4) is 0 Å². The summed E-state index contributed by atoms with van der Waals surface area (Å²) >= 11 is 3.40. The minimum atomic E-state index is -0.0352. The lowest BCUT2D eigenvalue weighted by atomic mass is 10.1. The van der Waals surface area contributed by atoms with Gasteiger partial charge in [0.2, 0.25) is 0 Å². The third-order valence-corrected chi connectivity index (χ3v) is 3.45. The van der Waals surface area contributed by atoms with Crippen LogP contribution in [0.1, 0.15) is 20.8 Å².